The molecule has 3 rings (SSSR count). The molecule has 3 heteroatoms. The van der Waals surface area contributed by atoms with Gasteiger partial charge in [-0.15, -0.1) is 11.8 Å². The molecule has 3 aliphatic rings. The zero-order valence-corrected chi connectivity index (χ0v) is 12.7. The first-order valence-electron chi connectivity index (χ1n) is 7.38. The highest BCUT2D eigenvalue weighted by Gasteiger charge is 2.38. The fraction of sp³-hybridized carbons (Fsp3) is 0.933. The van der Waals surface area contributed by atoms with E-state index in [0.29, 0.717) is 17.1 Å². The zero-order valence-electron chi connectivity index (χ0n) is 11.9. The lowest BCUT2D eigenvalue weighted by atomic mass is 9.85. The predicted molar refractivity (Wildman–Crippen MR) is 76.8 cm³/mol. The van der Waals surface area contributed by atoms with Crippen molar-refractivity contribution in [3.05, 3.63) is 0 Å². The Morgan fingerprint density at radius 3 is 2.39 bits per heavy atom. The topological polar surface area (TPSA) is 26.3 Å². The number of carbonyl (C=O) groups excluding carboxylic acids is 1. The number of Topliss-reactive ketones (excluding diaryl/α,β-unsaturated/α-hetero) is 1. The molecule has 1 aliphatic carbocycles. The number of fused-ring (bicyclic) bond motifs is 6. The minimum atomic E-state index is -0.245. The van der Waals surface area contributed by atoms with Crippen LogP contribution in [0.1, 0.15) is 65.7 Å². The third-order valence-corrected chi connectivity index (χ3v) is 5.93. The Balaban J connectivity index is 2.10. The van der Waals surface area contributed by atoms with Crippen molar-refractivity contribution < 1.29 is 9.53 Å². The van der Waals surface area contributed by atoms with Crippen molar-refractivity contribution >= 4 is 17.5 Å². The molecule has 2 heterocycles. The Bertz CT molecular complexity index is 277. The Labute approximate surface area is 115 Å². The van der Waals surface area contributed by atoms with E-state index in [4.69, 9.17) is 4.74 Å². The van der Waals surface area contributed by atoms with Gasteiger partial charge in [0, 0.05) is 10.7 Å². The molecular weight excluding hydrogens is 244 g/mol. The van der Waals surface area contributed by atoms with Crippen molar-refractivity contribution in [3.8, 4) is 0 Å². The molecule has 0 radical (unpaired) electrons. The number of rotatable bonds is 3. The van der Waals surface area contributed by atoms with Crippen molar-refractivity contribution in [2.45, 2.75) is 82.5 Å². The summed E-state index contributed by atoms with van der Waals surface area (Å²) in [6.07, 6.45) is 8.56. The van der Waals surface area contributed by atoms with Gasteiger partial charge in [0.05, 0.1) is 6.10 Å². The summed E-state index contributed by atoms with van der Waals surface area (Å²) in [5, 5.41) is 0.632. The molecule has 2 aliphatic heterocycles. The fourth-order valence-corrected chi connectivity index (χ4v) is 4.32. The quantitative estimate of drug-likeness (QED) is 0.770. The predicted octanol–water partition coefficient (Wildman–Crippen LogP) is 4.17. The summed E-state index contributed by atoms with van der Waals surface area (Å²) in [5.74, 6) is 0.300. The second kappa shape index (κ2) is 5.96. The van der Waals surface area contributed by atoms with E-state index in [1.54, 1.807) is 11.8 Å². The van der Waals surface area contributed by atoms with E-state index in [1.807, 2.05) is 13.8 Å². The van der Waals surface area contributed by atoms with E-state index in [0.717, 1.165) is 19.3 Å². The second-order valence-electron chi connectivity index (χ2n) is 6.31. The molecule has 1 saturated carbocycles. The molecular formula is C15H26O2S. The fourth-order valence-electron chi connectivity index (χ4n) is 2.71. The summed E-state index contributed by atoms with van der Waals surface area (Å²) in [7, 11) is 0. The highest BCUT2D eigenvalue weighted by molar-refractivity contribution is 8.01. The summed E-state index contributed by atoms with van der Waals surface area (Å²) in [6, 6.07) is 0. The molecule has 2 nitrogen and oxygen atoms in total. The monoisotopic (exact) mass is 270 g/mol. The van der Waals surface area contributed by atoms with Crippen LogP contribution in [0.4, 0.5) is 0 Å². The number of carbonyl (C=O) groups is 1. The summed E-state index contributed by atoms with van der Waals surface area (Å²) in [4.78, 5) is 12.6. The molecule has 0 aromatic rings. The Morgan fingerprint density at radius 2 is 1.83 bits per heavy atom. The Morgan fingerprint density at radius 1 is 1.22 bits per heavy atom. The van der Waals surface area contributed by atoms with Crippen molar-refractivity contribution in [1.82, 2.24) is 0 Å². The third-order valence-electron chi connectivity index (χ3n) is 4.50. The lowest BCUT2D eigenvalue weighted by molar-refractivity contribution is -0.137. The van der Waals surface area contributed by atoms with Gasteiger partial charge in [0.25, 0.3) is 0 Å². The van der Waals surface area contributed by atoms with E-state index in [1.165, 1.54) is 25.7 Å². The van der Waals surface area contributed by atoms with Crippen molar-refractivity contribution in [2.75, 3.05) is 0 Å². The Kier molecular flexibility index (Phi) is 4.76. The molecule has 18 heavy (non-hydrogen) atoms. The molecule has 104 valence electrons. The average Bonchev–Trinajstić information content (AvgIpc) is 2.25. The molecule has 0 aromatic carbocycles. The minimum Gasteiger partial charge on any atom is -0.356 e. The lowest BCUT2D eigenvalue weighted by Crippen LogP contribution is -2.39. The van der Waals surface area contributed by atoms with Gasteiger partial charge in [-0.3, -0.25) is 4.79 Å². The number of ketones is 1. The highest BCUT2D eigenvalue weighted by Crippen LogP contribution is 2.39. The van der Waals surface area contributed by atoms with Gasteiger partial charge in [0.2, 0.25) is 0 Å². The molecule has 3 fully saturated rings. The van der Waals surface area contributed by atoms with Crippen LogP contribution in [0, 0.1) is 5.41 Å². The van der Waals surface area contributed by atoms with Crippen LogP contribution in [-0.2, 0) is 9.53 Å². The van der Waals surface area contributed by atoms with Gasteiger partial charge in [0.15, 0.2) is 11.2 Å². The van der Waals surface area contributed by atoms with Gasteiger partial charge in [-0.05, 0) is 44.9 Å². The van der Waals surface area contributed by atoms with Gasteiger partial charge in [0.1, 0.15) is 0 Å². The maximum atomic E-state index is 12.6. The van der Waals surface area contributed by atoms with E-state index < -0.39 is 0 Å². The van der Waals surface area contributed by atoms with Gasteiger partial charge in [-0.1, -0.05) is 20.8 Å². The number of thioether (sulfide) groups is 1. The van der Waals surface area contributed by atoms with E-state index >= 15 is 0 Å². The molecule has 2 saturated heterocycles. The summed E-state index contributed by atoms with van der Waals surface area (Å²) >= 11 is 1.80. The maximum Gasteiger partial charge on any atom is 0.177 e. The standard InChI is InChI=1S/C15H26O2S/c1-4-15(2,3)13(16)14-17-11-7-5-9-12(18-14)10-6-8-11/h11-12,14H,4-10H2,1-3H3. The SMILES string of the molecule is CCC(C)(C)C(=O)C1OC2CCCC(CCC2)S1. The zero-order chi connectivity index (χ0) is 13.2. The van der Waals surface area contributed by atoms with E-state index in [-0.39, 0.29) is 10.9 Å². The molecule has 0 aromatic heterocycles. The molecule has 0 amide bonds. The summed E-state index contributed by atoms with van der Waals surface area (Å²) < 4.78 is 6.13. The smallest absolute Gasteiger partial charge is 0.177 e. The summed E-state index contributed by atoms with van der Waals surface area (Å²) in [5.41, 5.74) is -0.457. The van der Waals surface area contributed by atoms with Gasteiger partial charge in [-0.2, -0.15) is 0 Å². The molecule has 2 bridgehead atoms. The van der Waals surface area contributed by atoms with Crippen LogP contribution in [0.25, 0.3) is 0 Å². The van der Waals surface area contributed by atoms with E-state index in [9.17, 15) is 4.79 Å². The van der Waals surface area contributed by atoms with Crippen LogP contribution >= 0.6 is 11.8 Å². The van der Waals surface area contributed by atoms with E-state index in [2.05, 4.69) is 6.92 Å². The van der Waals surface area contributed by atoms with Crippen LogP contribution in [0.15, 0.2) is 0 Å². The first-order valence-corrected chi connectivity index (χ1v) is 8.32. The summed E-state index contributed by atoms with van der Waals surface area (Å²) in [6.45, 7) is 6.19. The number of hydrogen-bond donors (Lipinski definition) is 0. The van der Waals surface area contributed by atoms with Crippen LogP contribution in [0.5, 0.6) is 0 Å². The average molecular weight is 270 g/mol. The van der Waals surface area contributed by atoms with Crippen LogP contribution < -0.4 is 0 Å². The minimum absolute atomic E-state index is 0.212. The first kappa shape index (κ1) is 14.4. The van der Waals surface area contributed by atoms with Crippen LogP contribution in [0.2, 0.25) is 0 Å². The van der Waals surface area contributed by atoms with Gasteiger partial charge in [-0.25, -0.2) is 0 Å². The normalized spacial score (nSPS) is 33.6. The van der Waals surface area contributed by atoms with Gasteiger partial charge >= 0.3 is 0 Å². The maximum absolute atomic E-state index is 12.6. The number of hydrogen-bond acceptors (Lipinski definition) is 3. The number of ether oxygens (including phenoxy) is 1. The third kappa shape index (κ3) is 3.30. The molecule has 1 unspecified atom stereocenters. The van der Waals surface area contributed by atoms with Crippen molar-refractivity contribution in [1.29, 1.82) is 0 Å². The first-order chi connectivity index (χ1) is 8.53. The van der Waals surface area contributed by atoms with Crippen LogP contribution in [0.3, 0.4) is 0 Å². The largest absolute Gasteiger partial charge is 0.356 e. The molecule has 0 N–H and O–H groups in total. The van der Waals surface area contributed by atoms with Crippen LogP contribution in [-0.4, -0.2) is 22.6 Å². The highest BCUT2D eigenvalue weighted by atomic mass is 32.2. The van der Waals surface area contributed by atoms with Gasteiger partial charge < -0.3 is 4.74 Å². The van der Waals surface area contributed by atoms with Crippen molar-refractivity contribution in [3.63, 3.8) is 0 Å². The van der Waals surface area contributed by atoms with Crippen molar-refractivity contribution in [2.24, 2.45) is 5.41 Å². The molecule has 1 atom stereocenters. The lowest BCUT2D eigenvalue weighted by Gasteiger charge is -2.36. The second-order valence-corrected chi connectivity index (χ2v) is 7.68. The molecule has 0 spiro atoms. The Hall–Kier alpha value is -0.0200.